The number of nitrogens with zero attached hydrogens (tertiary/aromatic N) is 1. The van der Waals surface area contributed by atoms with Crippen molar-refractivity contribution in [2.24, 2.45) is 0 Å². The van der Waals surface area contributed by atoms with Crippen LogP contribution < -0.4 is 5.32 Å². The van der Waals surface area contributed by atoms with Crippen molar-refractivity contribution in [3.8, 4) is 0 Å². The molecule has 1 fully saturated rings. The first-order valence-electron chi connectivity index (χ1n) is 8.56. The van der Waals surface area contributed by atoms with E-state index in [0.717, 1.165) is 36.9 Å². The lowest BCUT2D eigenvalue weighted by molar-refractivity contribution is 0.0936. The fraction of sp³-hybridized carbons (Fsp3) is 0.400. The summed E-state index contributed by atoms with van der Waals surface area (Å²) in [6.45, 7) is 2.47. The number of hydrogen-bond donors (Lipinski definition) is 1. The number of nitrogens with one attached hydrogen (secondary N) is 1. The van der Waals surface area contributed by atoms with E-state index in [1.807, 2.05) is 25.1 Å². The minimum atomic E-state index is -0.223. The van der Waals surface area contributed by atoms with E-state index in [1.165, 1.54) is 18.6 Å². The zero-order valence-electron chi connectivity index (χ0n) is 14.0. The van der Waals surface area contributed by atoms with Crippen LogP contribution in [0.5, 0.6) is 0 Å². The standard InChI is InChI=1S/C20H23FN2O/c1-15-5-6-16(13-22-15)19(24)23-14-20(11-3-2-4-12-20)17-7-9-18(21)10-8-17/h5-10,13H,2-4,11-12,14H2,1H3,(H,23,24). The number of pyridine rings is 1. The summed E-state index contributed by atoms with van der Waals surface area (Å²) in [6, 6.07) is 10.4. The van der Waals surface area contributed by atoms with E-state index in [4.69, 9.17) is 0 Å². The molecule has 1 N–H and O–H groups in total. The fourth-order valence-electron chi connectivity index (χ4n) is 3.55. The van der Waals surface area contributed by atoms with Crippen LogP contribution in [0.2, 0.25) is 0 Å². The molecule has 1 aromatic heterocycles. The van der Waals surface area contributed by atoms with Crippen molar-refractivity contribution in [2.45, 2.75) is 44.4 Å². The molecule has 1 aromatic carbocycles. The summed E-state index contributed by atoms with van der Waals surface area (Å²) in [5, 5.41) is 3.07. The van der Waals surface area contributed by atoms with Gasteiger partial charge in [-0.05, 0) is 49.6 Å². The van der Waals surface area contributed by atoms with Gasteiger partial charge in [-0.2, -0.15) is 0 Å². The van der Waals surface area contributed by atoms with Crippen LogP contribution in [0.4, 0.5) is 4.39 Å². The Morgan fingerprint density at radius 3 is 2.46 bits per heavy atom. The largest absolute Gasteiger partial charge is 0.351 e. The van der Waals surface area contributed by atoms with Crippen LogP contribution >= 0.6 is 0 Å². The van der Waals surface area contributed by atoms with Gasteiger partial charge in [0.2, 0.25) is 0 Å². The minimum Gasteiger partial charge on any atom is -0.351 e. The van der Waals surface area contributed by atoms with Crippen LogP contribution in [0.15, 0.2) is 42.6 Å². The second-order valence-corrected chi connectivity index (χ2v) is 6.72. The molecular formula is C20H23FN2O. The Bertz CT molecular complexity index is 689. The van der Waals surface area contributed by atoms with Gasteiger partial charge in [-0.25, -0.2) is 4.39 Å². The Morgan fingerprint density at radius 1 is 1.12 bits per heavy atom. The predicted octanol–water partition coefficient (Wildman–Crippen LogP) is 4.16. The van der Waals surface area contributed by atoms with E-state index in [-0.39, 0.29) is 17.1 Å². The smallest absolute Gasteiger partial charge is 0.252 e. The number of amides is 1. The topological polar surface area (TPSA) is 42.0 Å². The zero-order chi connectivity index (χ0) is 17.0. The van der Waals surface area contributed by atoms with Gasteiger partial charge in [0.15, 0.2) is 0 Å². The van der Waals surface area contributed by atoms with Crippen LogP contribution in [-0.2, 0) is 5.41 Å². The molecule has 1 saturated carbocycles. The second kappa shape index (κ2) is 7.12. The van der Waals surface area contributed by atoms with Crippen molar-refractivity contribution in [3.63, 3.8) is 0 Å². The Morgan fingerprint density at radius 2 is 1.83 bits per heavy atom. The molecule has 3 rings (SSSR count). The number of rotatable bonds is 4. The molecule has 0 bridgehead atoms. The number of carbonyl (C=O) groups is 1. The van der Waals surface area contributed by atoms with Crippen molar-refractivity contribution in [1.29, 1.82) is 0 Å². The molecule has 2 aromatic rings. The van der Waals surface area contributed by atoms with E-state index in [1.54, 1.807) is 12.3 Å². The molecule has 0 atom stereocenters. The van der Waals surface area contributed by atoms with Crippen molar-refractivity contribution in [1.82, 2.24) is 10.3 Å². The SMILES string of the molecule is Cc1ccc(C(=O)NCC2(c3ccc(F)cc3)CCCCC2)cn1. The number of benzene rings is 1. The van der Waals surface area contributed by atoms with Crippen molar-refractivity contribution in [3.05, 3.63) is 65.2 Å². The van der Waals surface area contributed by atoms with Crippen LogP contribution in [-0.4, -0.2) is 17.4 Å². The molecule has 0 aliphatic heterocycles. The van der Waals surface area contributed by atoms with Gasteiger partial charge in [-0.1, -0.05) is 31.4 Å². The molecule has 0 saturated heterocycles. The third kappa shape index (κ3) is 3.64. The first kappa shape index (κ1) is 16.6. The van der Waals surface area contributed by atoms with Gasteiger partial charge in [0, 0.05) is 23.9 Å². The summed E-state index contributed by atoms with van der Waals surface area (Å²) in [6.07, 6.45) is 7.14. The summed E-state index contributed by atoms with van der Waals surface area (Å²) in [5.74, 6) is -0.325. The molecule has 1 amide bonds. The molecule has 4 heteroatoms. The normalized spacial score (nSPS) is 16.6. The number of carbonyl (C=O) groups excluding carboxylic acids is 1. The van der Waals surface area contributed by atoms with E-state index in [2.05, 4.69) is 10.3 Å². The van der Waals surface area contributed by atoms with E-state index < -0.39 is 0 Å². The van der Waals surface area contributed by atoms with Gasteiger partial charge in [0.25, 0.3) is 5.91 Å². The molecule has 3 nitrogen and oxygen atoms in total. The molecule has 24 heavy (non-hydrogen) atoms. The maximum atomic E-state index is 13.3. The molecule has 0 spiro atoms. The number of aromatic nitrogens is 1. The Balaban J connectivity index is 1.76. The summed E-state index contributed by atoms with van der Waals surface area (Å²) in [4.78, 5) is 16.6. The van der Waals surface area contributed by atoms with Crippen LogP contribution in [0.25, 0.3) is 0 Å². The highest BCUT2D eigenvalue weighted by molar-refractivity contribution is 5.93. The van der Waals surface area contributed by atoms with E-state index in [9.17, 15) is 9.18 Å². The third-order valence-electron chi connectivity index (χ3n) is 5.03. The van der Waals surface area contributed by atoms with Gasteiger partial charge >= 0.3 is 0 Å². The highest BCUT2D eigenvalue weighted by Crippen LogP contribution is 2.39. The quantitative estimate of drug-likeness (QED) is 0.916. The minimum absolute atomic E-state index is 0.0975. The van der Waals surface area contributed by atoms with E-state index in [0.29, 0.717) is 12.1 Å². The molecular weight excluding hydrogens is 303 g/mol. The zero-order valence-corrected chi connectivity index (χ0v) is 14.0. The predicted molar refractivity (Wildman–Crippen MR) is 92.5 cm³/mol. The van der Waals surface area contributed by atoms with Gasteiger partial charge in [0.05, 0.1) is 5.56 Å². The van der Waals surface area contributed by atoms with Crippen molar-refractivity contribution >= 4 is 5.91 Å². The molecule has 0 radical (unpaired) electrons. The van der Waals surface area contributed by atoms with Crippen LogP contribution in [0.3, 0.4) is 0 Å². The molecule has 1 aliphatic rings. The maximum Gasteiger partial charge on any atom is 0.252 e. The molecule has 1 heterocycles. The Hall–Kier alpha value is -2.23. The lowest BCUT2D eigenvalue weighted by atomic mass is 9.69. The van der Waals surface area contributed by atoms with Gasteiger partial charge in [0.1, 0.15) is 5.82 Å². The molecule has 126 valence electrons. The van der Waals surface area contributed by atoms with Crippen LogP contribution in [0, 0.1) is 12.7 Å². The van der Waals surface area contributed by atoms with Crippen molar-refractivity contribution in [2.75, 3.05) is 6.54 Å². The molecule has 1 aliphatic carbocycles. The Labute approximate surface area is 142 Å². The third-order valence-corrected chi connectivity index (χ3v) is 5.03. The van der Waals surface area contributed by atoms with Crippen molar-refractivity contribution < 1.29 is 9.18 Å². The van der Waals surface area contributed by atoms with E-state index >= 15 is 0 Å². The lowest BCUT2D eigenvalue weighted by Gasteiger charge is -2.38. The molecule has 0 unspecified atom stereocenters. The van der Waals surface area contributed by atoms with Gasteiger partial charge in [-0.15, -0.1) is 0 Å². The number of aryl methyl sites for hydroxylation is 1. The van der Waals surface area contributed by atoms with Crippen LogP contribution in [0.1, 0.15) is 53.7 Å². The number of hydrogen-bond acceptors (Lipinski definition) is 2. The summed E-state index contributed by atoms with van der Waals surface area (Å²) < 4.78 is 13.3. The first-order valence-corrected chi connectivity index (χ1v) is 8.56. The second-order valence-electron chi connectivity index (χ2n) is 6.72. The first-order chi connectivity index (χ1) is 11.6. The highest BCUT2D eigenvalue weighted by Gasteiger charge is 2.34. The summed E-state index contributed by atoms with van der Waals surface area (Å²) in [7, 11) is 0. The lowest BCUT2D eigenvalue weighted by Crippen LogP contribution is -2.42. The fourth-order valence-corrected chi connectivity index (χ4v) is 3.55. The monoisotopic (exact) mass is 326 g/mol. The Kier molecular flexibility index (Phi) is 4.93. The summed E-state index contributed by atoms with van der Waals surface area (Å²) in [5.41, 5.74) is 2.48. The average molecular weight is 326 g/mol. The highest BCUT2D eigenvalue weighted by atomic mass is 19.1. The number of halogens is 1. The summed E-state index contributed by atoms with van der Waals surface area (Å²) >= 11 is 0. The van der Waals surface area contributed by atoms with Gasteiger partial charge < -0.3 is 5.32 Å². The van der Waals surface area contributed by atoms with Gasteiger partial charge in [-0.3, -0.25) is 9.78 Å². The average Bonchev–Trinajstić information content (AvgIpc) is 2.62. The maximum absolute atomic E-state index is 13.3.